The van der Waals surface area contributed by atoms with Gasteiger partial charge in [0, 0.05) is 12.3 Å². The number of nitrogen functional groups attached to an aromatic ring is 1. The van der Waals surface area contributed by atoms with Crippen molar-refractivity contribution in [1.29, 1.82) is 0 Å². The lowest BCUT2D eigenvalue weighted by Crippen LogP contribution is -2.37. The third kappa shape index (κ3) is 4.23. The molecule has 1 rings (SSSR count). The highest BCUT2D eigenvalue weighted by atomic mass is 32.2. The van der Waals surface area contributed by atoms with Crippen LogP contribution in [0.4, 0.5) is 5.69 Å². The Morgan fingerprint density at radius 2 is 2.00 bits per heavy atom. The highest BCUT2D eigenvalue weighted by Gasteiger charge is 2.21. The summed E-state index contributed by atoms with van der Waals surface area (Å²) < 4.78 is 22.2. The first-order valence-corrected chi connectivity index (χ1v) is 8.00. The third-order valence-electron chi connectivity index (χ3n) is 2.56. The zero-order valence-electron chi connectivity index (χ0n) is 11.5. The van der Waals surface area contributed by atoms with E-state index in [0.29, 0.717) is 11.4 Å². The molecule has 1 unspecified atom stereocenters. The molecule has 0 saturated carbocycles. The number of carbonyl (C=O) groups is 1. The van der Waals surface area contributed by atoms with E-state index in [1.807, 2.05) is 13.8 Å². The van der Waals surface area contributed by atoms with Gasteiger partial charge in [0.05, 0.1) is 17.1 Å². The van der Waals surface area contributed by atoms with Gasteiger partial charge < -0.3 is 11.1 Å². The van der Waals surface area contributed by atoms with Gasteiger partial charge in [0.1, 0.15) is 9.84 Å². The molecule has 7 nitrogen and oxygen atoms in total. The zero-order valence-corrected chi connectivity index (χ0v) is 12.3. The van der Waals surface area contributed by atoms with Gasteiger partial charge in [-0.25, -0.2) is 8.42 Å². The maximum absolute atomic E-state index is 11.9. The van der Waals surface area contributed by atoms with E-state index in [1.165, 1.54) is 0 Å². The predicted octanol–water partition coefficient (Wildman–Crippen LogP) is 0.278. The van der Waals surface area contributed by atoms with Crippen molar-refractivity contribution in [3.8, 4) is 0 Å². The number of carbonyl (C=O) groups excluding carboxylic acids is 1. The van der Waals surface area contributed by atoms with Gasteiger partial charge in [-0.05, 0) is 12.8 Å². The monoisotopic (exact) mass is 288 g/mol. The SMILES string of the molecule is CC(CS(C)(=O)=O)NC(=O)c1n[nH]c(C(C)C)c1N. The summed E-state index contributed by atoms with van der Waals surface area (Å²) in [5.74, 6) is -0.473. The Labute approximate surface area is 112 Å². The molecular weight excluding hydrogens is 268 g/mol. The van der Waals surface area contributed by atoms with Crippen LogP contribution in [0.1, 0.15) is 42.9 Å². The second-order valence-electron chi connectivity index (χ2n) is 5.02. The molecule has 8 heteroatoms. The minimum absolute atomic E-state index is 0.101. The van der Waals surface area contributed by atoms with Crippen LogP contribution in [0.25, 0.3) is 0 Å². The number of nitrogens with one attached hydrogen (secondary N) is 2. The van der Waals surface area contributed by atoms with E-state index in [2.05, 4.69) is 15.5 Å². The van der Waals surface area contributed by atoms with Gasteiger partial charge in [-0.15, -0.1) is 0 Å². The van der Waals surface area contributed by atoms with Crippen molar-refractivity contribution in [3.05, 3.63) is 11.4 Å². The van der Waals surface area contributed by atoms with Crippen LogP contribution in [0.3, 0.4) is 0 Å². The van der Waals surface area contributed by atoms with Crippen molar-refractivity contribution < 1.29 is 13.2 Å². The lowest BCUT2D eigenvalue weighted by atomic mass is 10.1. The van der Waals surface area contributed by atoms with E-state index < -0.39 is 21.8 Å². The van der Waals surface area contributed by atoms with E-state index in [-0.39, 0.29) is 17.4 Å². The van der Waals surface area contributed by atoms with Gasteiger partial charge >= 0.3 is 0 Å². The first-order valence-electron chi connectivity index (χ1n) is 5.94. The maximum Gasteiger partial charge on any atom is 0.274 e. The topological polar surface area (TPSA) is 118 Å². The van der Waals surface area contributed by atoms with Crippen molar-refractivity contribution >= 4 is 21.4 Å². The molecule has 0 fully saturated rings. The van der Waals surface area contributed by atoms with Crippen LogP contribution in [-0.2, 0) is 9.84 Å². The first kappa shape index (κ1) is 15.5. The fourth-order valence-electron chi connectivity index (χ4n) is 1.77. The fourth-order valence-corrected chi connectivity index (χ4v) is 2.76. The van der Waals surface area contributed by atoms with Crippen LogP contribution in [0.2, 0.25) is 0 Å². The summed E-state index contributed by atoms with van der Waals surface area (Å²) in [4.78, 5) is 11.9. The maximum atomic E-state index is 11.9. The summed E-state index contributed by atoms with van der Waals surface area (Å²) >= 11 is 0. The van der Waals surface area contributed by atoms with E-state index in [9.17, 15) is 13.2 Å². The molecule has 0 aliphatic heterocycles. The Morgan fingerprint density at radius 3 is 2.42 bits per heavy atom. The molecule has 4 N–H and O–H groups in total. The van der Waals surface area contributed by atoms with Crippen LogP contribution in [0, 0.1) is 0 Å². The number of nitrogens with zero attached hydrogens (tertiary/aromatic N) is 1. The number of anilines is 1. The number of rotatable bonds is 5. The molecule has 0 aliphatic rings. The van der Waals surface area contributed by atoms with Crippen LogP contribution in [0.5, 0.6) is 0 Å². The van der Waals surface area contributed by atoms with Gasteiger partial charge in [0.25, 0.3) is 5.91 Å². The number of aromatic nitrogens is 2. The van der Waals surface area contributed by atoms with Gasteiger partial charge in [-0.3, -0.25) is 9.89 Å². The molecule has 108 valence electrons. The molecule has 19 heavy (non-hydrogen) atoms. The van der Waals surface area contributed by atoms with E-state index >= 15 is 0 Å². The first-order chi connectivity index (χ1) is 8.61. The largest absolute Gasteiger partial charge is 0.395 e. The minimum Gasteiger partial charge on any atom is -0.395 e. The highest BCUT2D eigenvalue weighted by Crippen LogP contribution is 2.21. The van der Waals surface area contributed by atoms with Crippen molar-refractivity contribution in [2.75, 3.05) is 17.7 Å². The number of hydrogen-bond acceptors (Lipinski definition) is 5. The molecule has 0 saturated heterocycles. The Balaban J connectivity index is 2.79. The smallest absolute Gasteiger partial charge is 0.274 e. The Bertz CT molecular complexity index is 562. The van der Waals surface area contributed by atoms with Crippen molar-refractivity contribution in [2.24, 2.45) is 0 Å². The number of nitrogens with two attached hydrogens (primary N) is 1. The number of hydrogen-bond donors (Lipinski definition) is 3. The number of amides is 1. The Kier molecular flexibility index (Phi) is 4.56. The average Bonchev–Trinajstić information content (AvgIpc) is 2.56. The Morgan fingerprint density at radius 1 is 1.42 bits per heavy atom. The minimum atomic E-state index is -3.14. The van der Waals surface area contributed by atoms with Gasteiger partial charge in [0.15, 0.2) is 5.69 Å². The molecule has 0 aliphatic carbocycles. The van der Waals surface area contributed by atoms with E-state index in [4.69, 9.17) is 5.73 Å². The van der Waals surface area contributed by atoms with Crippen LogP contribution < -0.4 is 11.1 Å². The average molecular weight is 288 g/mol. The van der Waals surface area contributed by atoms with E-state index in [1.54, 1.807) is 6.92 Å². The van der Waals surface area contributed by atoms with Gasteiger partial charge in [0.2, 0.25) is 0 Å². The molecular formula is C11H20N4O3S. The molecule has 1 aromatic rings. The van der Waals surface area contributed by atoms with Crippen molar-refractivity contribution in [3.63, 3.8) is 0 Å². The second-order valence-corrected chi connectivity index (χ2v) is 7.21. The summed E-state index contributed by atoms with van der Waals surface area (Å²) in [5.41, 5.74) is 6.94. The summed E-state index contributed by atoms with van der Waals surface area (Å²) in [6.45, 7) is 5.47. The van der Waals surface area contributed by atoms with Gasteiger partial charge in [-0.1, -0.05) is 13.8 Å². The second kappa shape index (κ2) is 5.60. The lowest BCUT2D eigenvalue weighted by Gasteiger charge is -2.11. The highest BCUT2D eigenvalue weighted by molar-refractivity contribution is 7.90. The molecule has 0 aromatic carbocycles. The van der Waals surface area contributed by atoms with E-state index in [0.717, 1.165) is 6.26 Å². The molecule has 1 aromatic heterocycles. The van der Waals surface area contributed by atoms with Crippen LogP contribution >= 0.6 is 0 Å². The molecule has 0 spiro atoms. The molecule has 1 heterocycles. The third-order valence-corrected chi connectivity index (χ3v) is 3.66. The summed E-state index contributed by atoms with van der Waals surface area (Å²) in [6, 6.07) is -0.499. The van der Waals surface area contributed by atoms with Crippen molar-refractivity contribution in [1.82, 2.24) is 15.5 Å². The summed E-state index contributed by atoms with van der Waals surface area (Å²) in [7, 11) is -3.14. The van der Waals surface area contributed by atoms with Gasteiger partial charge in [-0.2, -0.15) is 5.10 Å². The number of sulfone groups is 1. The predicted molar refractivity (Wildman–Crippen MR) is 73.7 cm³/mol. The standard InChI is InChI=1S/C11H20N4O3S/c1-6(2)9-8(12)10(15-14-9)11(16)13-7(3)5-19(4,17)18/h6-7H,5,12H2,1-4H3,(H,13,16)(H,14,15). The normalized spacial score (nSPS) is 13.5. The molecule has 1 atom stereocenters. The summed E-state index contributed by atoms with van der Waals surface area (Å²) in [6.07, 6.45) is 1.12. The quantitative estimate of drug-likeness (QED) is 0.719. The molecule has 1 amide bonds. The lowest BCUT2D eigenvalue weighted by molar-refractivity contribution is 0.0939. The summed E-state index contributed by atoms with van der Waals surface area (Å²) in [5, 5.41) is 9.16. The van der Waals surface area contributed by atoms with Crippen LogP contribution in [-0.4, -0.2) is 42.6 Å². The number of aromatic amines is 1. The van der Waals surface area contributed by atoms with Crippen LogP contribution in [0.15, 0.2) is 0 Å². The Hall–Kier alpha value is -1.57. The zero-order chi connectivity index (χ0) is 14.8. The number of H-pyrrole nitrogens is 1. The fraction of sp³-hybridized carbons (Fsp3) is 0.636. The van der Waals surface area contributed by atoms with Crippen molar-refractivity contribution in [2.45, 2.75) is 32.7 Å². The molecule has 0 bridgehead atoms. The molecule has 0 radical (unpaired) electrons.